The zero-order valence-corrected chi connectivity index (χ0v) is 31.5. The predicted molar refractivity (Wildman–Crippen MR) is 205 cm³/mol. The molecule has 0 bridgehead atoms. The van der Waals surface area contributed by atoms with E-state index in [1.54, 1.807) is 18.5 Å². The van der Waals surface area contributed by atoms with Gasteiger partial charge in [-0.2, -0.15) is 5.26 Å². The van der Waals surface area contributed by atoms with E-state index in [9.17, 15) is 10.4 Å². The van der Waals surface area contributed by atoms with Crippen molar-refractivity contribution < 1.29 is 24.4 Å². The van der Waals surface area contributed by atoms with Gasteiger partial charge in [0.15, 0.2) is 0 Å². The number of rotatable bonds is 17. The maximum Gasteiger partial charge on any atom is 0.142 e. The Hall–Kier alpha value is -4.17. The average Bonchev–Trinajstić information content (AvgIpc) is 3.14. The van der Waals surface area contributed by atoms with Gasteiger partial charge in [-0.3, -0.25) is 9.88 Å². The topological polar surface area (TPSA) is 111 Å². The van der Waals surface area contributed by atoms with E-state index in [1.165, 1.54) is 19.3 Å². The maximum absolute atomic E-state index is 9.68. The number of likely N-dealkylation sites (tertiary alicyclic amines) is 1. The summed E-state index contributed by atoms with van der Waals surface area (Å²) in [5.41, 5.74) is 7.72. The Morgan fingerprint density at radius 1 is 0.962 bits per heavy atom. The fraction of sp³-hybridized carbons (Fsp3) is 0.429. The predicted octanol–water partition coefficient (Wildman–Crippen LogP) is 7.48. The molecule has 3 aromatic carbocycles. The second-order valence-electron chi connectivity index (χ2n) is 13.8. The van der Waals surface area contributed by atoms with Gasteiger partial charge in [-0.1, -0.05) is 48.4 Å². The lowest BCUT2D eigenvalue weighted by Crippen LogP contribution is -2.36. The number of aromatic nitrogens is 1. The Balaban J connectivity index is 1.30. The van der Waals surface area contributed by atoms with Crippen molar-refractivity contribution in [2.24, 2.45) is 0 Å². The van der Waals surface area contributed by atoms with Crippen LogP contribution in [0.15, 0.2) is 67.0 Å². The standard InChI is InChI=1S/C42H51ClN4O5/c1-29-10-5-6-16-47(29)24-35-19-39(43)42(20-41(35)51-27-33-18-32(21-44)22-45-23-33)52-28-34-11-7-12-37(30(34)2)38-13-8-14-40(31(38)3)50-17-9-15-46(4)25-36(49)26-48/h7-8,11-14,18-20,22-23,29,36,48-49H,5-6,9-10,15-17,24-28H2,1-4H3/t29-,36+/m1/s1. The summed E-state index contributed by atoms with van der Waals surface area (Å²) in [5, 5.41) is 28.6. The highest BCUT2D eigenvalue weighted by molar-refractivity contribution is 6.32. The van der Waals surface area contributed by atoms with Crippen molar-refractivity contribution in [2.75, 3.05) is 39.9 Å². The van der Waals surface area contributed by atoms with Gasteiger partial charge in [0.05, 0.1) is 29.9 Å². The van der Waals surface area contributed by atoms with Crippen LogP contribution < -0.4 is 14.2 Å². The van der Waals surface area contributed by atoms with Crippen molar-refractivity contribution >= 4 is 11.6 Å². The first-order chi connectivity index (χ1) is 25.2. The van der Waals surface area contributed by atoms with Crippen molar-refractivity contribution in [3.05, 3.63) is 105 Å². The quantitative estimate of drug-likeness (QED) is 0.107. The molecule has 0 spiro atoms. The molecule has 5 rings (SSSR count). The SMILES string of the molecule is Cc1c(COc2cc(OCc3cncc(C#N)c3)c(CN3CCCC[C@H]3C)cc2Cl)cccc1-c1cccc(OCCCN(C)C[C@H](O)CO)c1C. The van der Waals surface area contributed by atoms with Gasteiger partial charge in [0.25, 0.3) is 0 Å². The molecule has 2 atom stereocenters. The van der Waals surface area contributed by atoms with Crippen LogP contribution >= 0.6 is 11.6 Å². The van der Waals surface area contributed by atoms with Crippen molar-refractivity contribution in [3.8, 4) is 34.4 Å². The van der Waals surface area contributed by atoms with Gasteiger partial charge >= 0.3 is 0 Å². The molecule has 0 radical (unpaired) electrons. The second-order valence-corrected chi connectivity index (χ2v) is 14.2. The minimum absolute atomic E-state index is 0.242. The van der Waals surface area contributed by atoms with Crippen LogP contribution in [0.2, 0.25) is 5.02 Å². The van der Waals surface area contributed by atoms with Crippen molar-refractivity contribution in [3.63, 3.8) is 0 Å². The lowest BCUT2D eigenvalue weighted by Gasteiger charge is -2.33. The van der Waals surface area contributed by atoms with Gasteiger partial charge in [0.1, 0.15) is 36.5 Å². The first-order valence-electron chi connectivity index (χ1n) is 18.1. The van der Waals surface area contributed by atoms with Crippen LogP contribution in [0.5, 0.6) is 17.2 Å². The second kappa shape index (κ2) is 19.1. The van der Waals surface area contributed by atoms with Crippen LogP contribution in [0, 0.1) is 25.2 Å². The Labute approximate surface area is 313 Å². The number of hydrogen-bond donors (Lipinski definition) is 2. The van der Waals surface area contributed by atoms with Crippen LogP contribution in [-0.4, -0.2) is 77.0 Å². The molecule has 1 aromatic heterocycles. The van der Waals surface area contributed by atoms with E-state index in [0.717, 1.165) is 70.7 Å². The lowest BCUT2D eigenvalue weighted by molar-refractivity contribution is 0.0653. The van der Waals surface area contributed by atoms with E-state index in [-0.39, 0.29) is 13.2 Å². The molecule has 2 N–H and O–H groups in total. The van der Waals surface area contributed by atoms with E-state index in [4.69, 9.17) is 30.9 Å². The maximum atomic E-state index is 9.68. The number of halogens is 1. The molecule has 1 fully saturated rings. The molecule has 4 aromatic rings. The number of aliphatic hydroxyl groups is 2. The molecule has 1 saturated heterocycles. The van der Waals surface area contributed by atoms with Crippen molar-refractivity contribution in [1.82, 2.24) is 14.8 Å². The summed E-state index contributed by atoms with van der Waals surface area (Å²) in [6.45, 7) is 10.3. The van der Waals surface area contributed by atoms with E-state index >= 15 is 0 Å². The largest absolute Gasteiger partial charge is 0.493 e. The monoisotopic (exact) mass is 726 g/mol. The summed E-state index contributed by atoms with van der Waals surface area (Å²) < 4.78 is 19.0. The van der Waals surface area contributed by atoms with Gasteiger partial charge in [0, 0.05) is 55.3 Å². The Morgan fingerprint density at radius 2 is 1.73 bits per heavy atom. The third kappa shape index (κ3) is 10.5. The van der Waals surface area contributed by atoms with Crippen LogP contribution in [-0.2, 0) is 19.8 Å². The summed E-state index contributed by atoms with van der Waals surface area (Å²) in [6.07, 6.45) is 6.91. The molecule has 52 heavy (non-hydrogen) atoms. The summed E-state index contributed by atoms with van der Waals surface area (Å²) in [5.74, 6) is 2.08. The normalized spacial score (nSPS) is 15.3. The van der Waals surface area contributed by atoms with Crippen LogP contribution in [0.3, 0.4) is 0 Å². The minimum atomic E-state index is -0.736. The highest BCUT2D eigenvalue weighted by atomic mass is 35.5. The summed E-state index contributed by atoms with van der Waals surface area (Å²) in [7, 11) is 1.92. The van der Waals surface area contributed by atoms with E-state index < -0.39 is 6.10 Å². The number of pyridine rings is 1. The highest BCUT2D eigenvalue weighted by Crippen LogP contribution is 2.37. The zero-order valence-electron chi connectivity index (χ0n) is 30.8. The molecule has 0 unspecified atom stereocenters. The summed E-state index contributed by atoms with van der Waals surface area (Å²) in [4.78, 5) is 8.66. The third-order valence-electron chi connectivity index (χ3n) is 9.83. The van der Waals surface area contributed by atoms with E-state index in [2.05, 4.69) is 54.9 Å². The lowest BCUT2D eigenvalue weighted by atomic mass is 9.93. The Morgan fingerprint density at radius 3 is 2.50 bits per heavy atom. The van der Waals surface area contributed by atoms with Crippen molar-refractivity contribution in [2.45, 2.75) is 78.4 Å². The number of hydrogen-bond acceptors (Lipinski definition) is 9. The number of nitriles is 1. The molecule has 9 nitrogen and oxygen atoms in total. The van der Waals surface area contributed by atoms with Gasteiger partial charge in [-0.25, -0.2) is 0 Å². The first-order valence-corrected chi connectivity index (χ1v) is 18.5. The summed E-state index contributed by atoms with van der Waals surface area (Å²) in [6, 6.07) is 20.6. The van der Waals surface area contributed by atoms with Crippen LogP contribution in [0.25, 0.3) is 11.1 Å². The van der Waals surface area contributed by atoms with E-state index in [0.29, 0.717) is 47.9 Å². The number of likely N-dealkylation sites (N-methyl/N-ethyl adjacent to an activating group) is 1. The fourth-order valence-electron chi connectivity index (χ4n) is 6.72. The van der Waals surface area contributed by atoms with Crippen molar-refractivity contribution in [1.29, 1.82) is 5.26 Å². The first kappa shape index (κ1) is 39.0. The number of piperidine rings is 1. The Kier molecular flexibility index (Phi) is 14.3. The molecule has 10 heteroatoms. The molecular weight excluding hydrogens is 676 g/mol. The molecule has 1 aliphatic rings. The molecule has 0 aliphatic carbocycles. The van der Waals surface area contributed by atoms with Crippen LogP contribution in [0.1, 0.15) is 66.0 Å². The van der Waals surface area contributed by atoms with Gasteiger partial charge in [-0.15, -0.1) is 0 Å². The average molecular weight is 727 g/mol. The number of ether oxygens (including phenoxy) is 3. The fourth-order valence-corrected chi connectivity index (χ4v) is 6.96. The van der Waals surface area contributed by atoms with Gasteiger partial charge in [0.2, 0.25) is 0 Å². The highest BCUT2D eigenvalue weighted by Gasteiger charge is 2.22. The van der Waals surface area contributed by atoms with Gasteiger partial charge in [-0.05, 0) is 99.6 Å². The number of benzene rings is 3. The number of aliphatic hydroxyl groups excluding tert-OH is 2. The Bertz CT molecular complexity index is 1830. The van der Waals surface area contributed by atoms with E-state index in [1.807, 2.05) is 42.3 Å². The number of nitrogens with zero attached hydrogens (tertiary/aromatic N) is 4. The molecule has 2 heterocycles. The van der Waals surface area contributed by atoms with Crippen LogP contribution in [0.4, 0.5) is 0 Å². The molecule has 0 amide bonds. The minimum Gasteiger partial charge on any atom is -0.493 e. The molecule has 0 saturated carbocycles. The molecular formula is C42H51ClN4O5. The third-order valence-corrected chi connectivity index (χ3v) is 10.1. The zero-order chi connectivity index (χ0) is 37.0. The van der Waals surface area contributed by atoms with Gasteiger partial charge < -0.3 is 29.3 Å². The smallest absolute Gasteiger partial charge is 0.142 e. The summed E-state index contributed by atoms with van der Waals surface area (Å²) >= 11 is 6.90. The molecule has 1 aliphatic heterocycles. The molecule has 276 valence electrons.